The summed E-state index contributed by atoms with van der Waals surface area (Å²) in [6, 6.07) is 6.18. The van der Waals surface area contributed by atoms with Gasteiger partial charge in [0.2, 0.25) is 0 Å². The number of unbranched alkanes of at least 4 members (excludes halogenated alkanes) is 5. The van der Waals surface area contributed by atoms with Gasteiger partial charge in [-0.15, -0.1) is 6.58 Å². The number of benzene rings is 1. The molecular weight excluding hydrogens is 400 g/mol. The van der Waals surface area contributed by atoms with Crippen molar-refractivity contribution in [3.05, 3.63) is 52.6 Å². The summed E-state index contributed by atoms with van der Waals surface area (Å²) in [5.74, 6) is -0.177. The number of nitro benzene ring substituents is 1. The normalized spacial score (nSPS) is 14.1. The Bertz CT molecular complexity index is 743. The number of ether oxygens (including phenoxy) is 2. The number of allylic oxidation sites excluding steroid dienone is 1. The van der Waals surface area contributed by atoms with Gasteiger partial charge >= 0.3 is 12.1 Å². The summed E-state index contributed by atoms with van der Waals surface area (Å²) in [5, 5.41) is 11.0. The van der Waals surface area contributed by atoms with Gasteiger partial charge < -0.3 is 14.4 Å². The largest absolute Gasteiger partial charge is 0.462 e. The van der Waals surface area contributed by atoms with E-state index in [1.54, 1.807) is 23.1 Å². The van der Waals surface area contributed by atoms with E-state index in [2.05, 4.69) is 6.58 Å². The van der Waals surface area contributed by atoms with E-state index in [0.29, 0.717) is 37.9 Å². The Hall–Kier alpha value is -2.90. The predicted molar refractivity (Wildman–Crippen MR) is 116 cm³/mol. The van der Waals surface area contributed by atoms with Crippen LogP contribution in [0.25, 0.3) is 0 Å². The SMILES string of the molecule is C=CCCCCCCCC(=O)OC1CCN(C(=O)OCc2ccccc2[N+](=O)[O-])CC1. The van der Waals surface area contributed by atoms with Crippen LogP contribution in [0, 0.1) is 10.1 Å². The zero-order valence-electron chi connectivity index (χ0n) is 18.0. The second kappa shape index (κ2) is 13.4. The van der Waals surface area contributed by atoms with Crippen LogP contribution in [0.5, 0.6) is 0 Å². The monoisotopic (exact) mass is 432 g/mol. The lowest BCUT2D eigenvalue weighted by molar-refractivity contribution is -0.385. The quantitative estimate of drug-likeness (QED) is 0.149. The molecule has 0 aliphatic carbocycles. The van der Waals surface area contributed by atoms with Crippen LogP contribution in [-0.2, 0) is 20.9 Å². The third-order valence-corrected chi connectivity index (χ3v) is 5.33. The lowest BCUT2D eigenvalue weighted by Gasteiger charge is -2.31. The van der Waals surface area contributed by atoms with Gasteiger partial charge in [-0.2, -0.15) is 0 Å². The van der Waals surface area contributed by atoms with Crippen LogP contribution in [0.1, 0.15) is 63.4 Å². The Morgan fingerprint density at radius 3 is 2.52 bits per heavy atom. The minimum absolute atomic E-state index is 0.0716. The van der Waals surface area contributed by atoms with Crippen LogP contribution < -0.4 is 0 Å². The van der Waals surface area contributed by atoms with Gasteiger partial charge in [-0.3, -0.25) is 14.9 Å². The summed E-state index contributed by atoms with van der Waals surface area (Å²) in [5.41, 5.74) is 0.281. The van der Waals surface area contributed by atoms with Gasteiger partial charge in [0.05, 0.1) is 10.5 Å². The third-order valence-electron chi connectivity index (χ3n) is 5.33. The molecule has 31 heavy (non-hydrogen) atoms. The first-order chi connectivity index (χ1) is 15.0. The van der Waals surface area contributed by atoms with Crippen molar-refractivity contribution in [1.82, 2.24) is 4.90 Å². The molecule has 0 N–H and O–H groups in total. The highest BCUT2D eigenvalue weighted by atomic mass is 16.6. The molecule has 8 nitrogen and oxygen atoms in total. The minimum Gasteiger partial charge on any atom is -0.462 e. The van der Waals surface area contributed by atoms with E-state index in [9.17, 15) is 19.7 Å². The number of nitrogens with zero attached hydrogens (tertiary/aromatic N) is 2. The zero-order chi connectivity index (χ0) is 22.5. The molecule has 0 radical (unpaired) electrons. The molecule has 1 aromatic carbocycles. The molecule has 1 heterocycles. The number of likely N-dealkylation sites (tertiary alicyclic amines) is 1. The van der Waals surface area contributed by atoms with Gasteiger partial charge in [-0.25, -0.2) is 4.79 Å². The van der Waals surface area contributed by atoms with Crippen molar-refractivity contribution in [1.29, 1.82) is 0 Å². The fourth-order valence-corrected chi connectivity index (χ4v) is 3.53. The smallest absolute Gasteiger partial charge is 0.410 e. The van der Waals surface area contributed by atoms with E-state index in [0.717, 1.165) is 38.5 Å². The molecule has 0 unspecified atom stereocenters. The number of rotatable bonds is 12. The first kappa shape index (κ1) is 24.4. The van der Waals surface area contributed by atoms with Crippen molar-refractivity contribution < 1.29 is 24.0 Å². The van der Waals surface area contributed by atoms with Crippen molar-refractivity contribution in [2.24, 2.45) is 0 Å². The molecule has 1 fully saturated rings. The summed E-state index contributed by atoms with van der Waals surface area (Å²) in [4.78, 5) is 36.4. The lowest BCUT2D eigenvalue weighted by atomic mass is 10.1. The molecule has 2 rings (SSSR count). The van der Waals surface area contributed by atoms with Gasteiger partial charge in [0.1, 0.15) is 12.7 Å². The summed E-state index contributed by atoms with van der Waals surface area (Å²) < 4.78 is 10.8. The maximum atomic E-state index is 12.3. The zero-order valence-corrected chi connectivity index (χ0v) is 18.0. The van der Waals surface area contributed by atoms with Crippen LogP contribution in [0.3, 0.4) is 0 Å². The van der Waals surface area contributed by atoms with Crippen LogP contribution in [0.4, 0.5) is 10.5 Å². The van der Waals surface area contributed by atoms with E-state index >= 15 is 0 Å². The number of amides is 1. The molecule has 0 bridgehead atoms. The Balaban J connectivity index is 1.62. The number of piperidine rings is 1. The number of carbonyl (C=O) groups is 2. The van der Waals surface area contributed by atoms with Gasteiger partial charge in [-0.1, -0.05) is 37.5 Å². The third kappa shape index (κ3) is 8.78. The highest BCUT2D eigenvalue weighted by molar-refractivity contribution is 5.70. The minimum atomic E-state index is -0.514. The molecule has 1 aliphatic heterocycles. The first-order valence-electron chi connectivity index (χ1n) is 11.0. The highest BCUT2D eigenvalue weighted by Gasteiger charge is 2.26. The van der Waals surface area contributed by atoms with Crippen LogP contribution in [-0.4, -0.2) is 41.1 Å². The number of hydrogen-bond acceptors (Lipinski definition) is 6. The Labute approximate surface area is 183 Å². The molecule has 1 saturated heterocycles. The molecule has 0 atom stereocenters. The predicted octanol–water partition coefficient (Wildman–Crippen LogP) is 5.16. The van der Waals surface area contributed by atoms with Crippen molar-refractivity contribution >= 4 is 17.7 Å². The molecule has 1 aliphatic rings. The van der Waals surface area contributed by atoms with Crippen molar-refractivity contribution in [2.75, 3.05) is 13.1 Å². The van der Waals surface area contributed by atoms with Crippen molar-refractivity contribution in [3.8, 4) is 0 Å². The van der Waals surface area contributed by atoms with E-state index in [1.807, 2.05) is 6.08 Å². The molecule has 8 heteroatoms. The van der Waals surface area contributed by atoms with Gasteiger partial charge in [-0.05, 0) is 25.3 Å². The summed E-state index contributed by atoms with van der Waals surface area (Å²) in [6.07, 6.45) is 9.12. The van der Waals surface area contributed by atoms with E-state index in [1.165, 1.54) is 6.07 Å². The van der Waals surface area contributed by atoms with Gasteiger partial charge in [0, 0.05) is 38.4 Å². The lowest BCUT2D eigenvalue weighted by Crippen LogP contribution is -2.41. The van der Waals surface area contributed by atoms with Crippen LogP contribution in [0.15, 0.2) is 36.9 Å². The maximum absolute atomic E-state index is 12.3. The molecule has 170 valence electrons. The Morgan fingerprint density at radius 1 is 1.13 bits per heavy atom. The van der Waals surface area contributed by atoms with Crippen LogP contribution >= 0.6 is 0 Å². The second-order valence-electron chi connectivity index (χ2n) is 7.71. The maximum Gasteiger partial charge on any atom is 0.410 e. The number of para-hydroxylation sites is 1. The summed E-state index contributed by atoms with van der Waals surface area (Å²) in [7, 11) is 0. The molecule has 0 saturated carbocycles. The number of hydrogen-bond donors (Lipinski definition) is 0. The Kier molecular flexibility index (Phi) is 10.5. The van der Waals surface area contributed by atoms with Crippen molar-refractivity contribution in [3.63, 3.8) is 0 Å². The highest BCUT2D eigenvalue weighted by Crippen LogP contribution is 2.20. The van der Waals surface area contributed by atoms with Gasteiger partial charge in [0.25, 0.3) is 5.69 Å². The molecule has 0 aromatic heterocycles. The molecule has 1 aromatic rings. The molecular formula is C23H32N2O6. The van der Waals surface area contributed by atoms with E-state index < -0.39 is 11.0 Å². The van der Waals surface area contributed by atoms with Crippen molar-refractivity contribution in [2.45, 2.75) is 70.5 Å². The van der Waals surface area contributed by atoms with Crippen LogP contribution in [0.2, 0.25) is 0 Å². The number of nitro groups is 1. The number of esters is 1. The average Bonchev–Trinajstić information content (AvgIpc) is 2.77. The molecule has 0 spiro atoms. The van der Waals surface area contributed by atoms with E-state index in [-0.39, 0.29) is 24.4 Å². The summed E-state index contributed by atoms with van der Waals surface area (Å²) in [6.45, 7) is 4.41. The molecule has 1 amide bonds. The van der Waals surface area contributed by atoms with Gasteiger partial charge in [0.15, 0.2) is 0 Å². The summed E-state index contributed by atoms with van der Waals surface area (Å²) >= 11 is 0. The fraction of sp³-hybridized carbons (Fsp3) is 0.565. The van der Waals surface area contributed by atoms with E-state index in [4.69, 9.17) is 9.47 Å². The first-order valence-corrected chi connectivity index (χ1v) is 11.0. The topological polar surface area (TPSA) is 99.0 Å². The fourth-order valence-electron chi connectivity index (χ4n) is 3.53. The standard InChI is InChI=1S/C23H32N2O6/c1-2-3-4-5-6-7-8-13-22(26)31-20-14-16-24(17-15-20)23(27)30-18-19-11-9-10-12-21(19)25(28)29/h2,9-12,20H,1,3-8,13-18H2. The Morgan fingerprint density at radius 2 is 1.81 bits per heavy atom. The second-order valence-corrected chi connectivity index (χ2v) is 7.71. The number of carbonyl (C=O) groups excluding carboxylic acids is 2. The average molecular weight is 433 g/mol.